The quantitative estimate of drug-likeness (QED) is 0.861. The predicted octanol–water partition coefficient (Wildman–Crippen LogP) is 1.86. The predicted molar refractivity (Wildman–Crippen MR) is 77.9 cm³/mol. The molecule has 0 aliphatic rings. The summed E-state index contributed by atoms with van der Waals surface area (Å²) in [7, 11) is -0.744. The van der Waals surface area contributed by atoms with Gasteiger partial charge in [-0.3, -0.25) is 4.79 Å². The average Bonchev–Trinajstić information content (AvgIpc) is 2.33. The fourth-order valence-electron chi connectivity index (χ4n) is 2.24. The zero-order valence-corrected chi connectivity index (χ0v) is 13.6. The highest BCUT2D eigenvalue weighted by Crippen LogP contribution is 2.43. The molecule has 0 fully saturated rings. The van der Waals surface area contributed by atoms with Crippen LogP contribution < -0.4 is 9.47 Å². The minimum Gasteiger partial charge on any atom is -0.493 e. The van der Waals surface area contributed by atoms with Crippen LogP contribution in [0.2, 0.25) is 0 Å². The molecule has 0 aromatic heterocycles. The second-order valence-corrected chi connectivity index (χ2v) is 7.39. The van der Waals surface area contributed by atoms with E-state index in [0.717, 1.165) is 6.26 Å². The van der Waals surface area contributed by atoms with Crippen molar-refractivity contribution in [2.24, 2.45) is 0 Å². The second kappa shape index (κ2) is 5.93. The van der Waals surface area contributed by atoms with Crippen LogP contribution in [0.15, 0.2) is 17.0 Å². The van der Waals surface area contributed by atoms with Crippen LogP contribution in [0.3, 0.4) is 0 Å². The van der Waals surface area contributed by atoms with Gasteiger partial charge in [0.15, 0.2) is 21.3 Å². The SMILES string of the molecule is COc1c(C(C)(C)CC(=O)O)ccc(S(C)(=O)=O)c1OC. The third kappa shape index (κ3) is 3.66. The number of methoxy groups -OCH3 is 2. The van der Waals surface area contributed by atoms with E-state index in [-0.39, 0.29) is 22.8 Å². The van der Waals surface area contributed by atoms with E-state index in [1.165, 1.54) is 20.3 Å². The van der Waals surface area contributed by atoms with Gasteiger partial charge in [0, 0.05) is 17.2 Å². The maximum Gasteiger partial charge on any atom is 0.304 e. The lowest BCUT2D eigenvalue weighted by Gasteiger charge is -2.27. The summed E-state index contributed by atoms with van der Waals surface area (Å²) in [6.45, 7) is 3.50. The Bertz CT molecular complexity index is 646. The lowest BCUT2D eigenvalue weighted by Crippen LogP contribution is -2.23. The van der Waals surface area contributed by atoms with Crippen molar-refractivity contribution in [3.8, 4) is 11.5 Å². The van der Waals surface area contributed by atoms with Gasteiger partial charge in [-0.05, 0) is 6.07 Å². The lowest BCUT2D eigenvalue weighted by atomic mass is 9.81. The summed E-state index contributed by atoms with van der Waals surface area (Å²) in [5.74, 6) is -0.615. The zero-order valence-electron chi connectivity index (χ0n) is 12.8. The Morgan fingerprint density at radius 1 is 1.19 bits per heavy atom. The van der Waals surface area contributed by atoms with Crippen LogP contribution in [0, 0.1) is 0 Å². The van der Waals surface area contributed by atoms with E-state index < -0.39 is 21.2 Å². The summed E-state index contributed by atoms with van der Waals surface area (Å²) in [4.78, 5) is 11.0. The van der Waals surface area contributed by atoms with Gasteiger partial charge in [-0.1, -0.05) is 19.9 Å². The molecule has 0 bridgehead atoms. The van der Waals surface area contributed by atoms with Gasteiger partial charge in [0.05, 0.1) is 20.6 Å². The Labute approximate surface area is 124 Å². The highest BCUT2D eigenvalue weighted by atomic mass is 32.2. The van der Waals surface area contributed by atoms with E-state index in [1.54, 1.807) is 19.9 Å². The molecule has 0 aliphatic heterocycles. The van der Waals surface area contributed by atoms with Crippen molar-refractivity contribution < 1.29 is 27.8 Å². The molecule has 6 nitrogen and oxygen atoms in total. The van der Waals surface area contributed by atoms with Crippen molar-refractivity contribution in [3.63, 3.8) is 0 Å². The number of hydrogen-bond donors (Lipinski definition) is 1. The fraction of sp³-hybridized carbons (Fsp3) is 0.500. The minimum absolute atomic E-state index is 0.0109. The summed E-state index contributed by atoms with van der Waals surface area (Å²) in [5.41, 5.74) is -0.155. The monoisotopic (exact) mass is 316 g/mol. The molecule has 0 saturated heterocycles. The van der Waals surface area contributed by atoms with E-state index in [1.807, 2.05) is 0 Å². The number of rotatable bonds is 6. The molecule has 0 atom stereocenters. The maximum absolute atomic E-state index is 11.8. The van der Waals surface area contributed by atoms with Crippen LogP contribution in [0.5, 0.6) is 11.5 Å². The number of hydrogen-bond acceptors (Lipinski definition) is 5. The molecule has 1 N–H and O–H groups in total. The maximum atomic E-state index is 11.8. The molecule has 0 spiro atoms. The molecule has 0 unspecified atom stereocenters. The van der Waals surface area contributed by atoms with Gasteiger partial charge in [-0.2, -0.15) is 0 Å². The smallest absolute Gasteiger partial charge is 0.304 e. The molecule has 21 heavy (non-hydrogen) atoms. The Balaban J connectivity index is 3.61. The van der Waals surface area contributed by atoms with Crippen LogP contribution in [0.4, 0.5) is 0 Å². The number of benzene rings is 1. The number of sulfone groups is 1. The van der Waals surface area contributed by atoms with Crippen LogP contribution in [0.1, 0.15) is 25.8 Å². The number of ether oxygens (including phenoxy) is 2. The van der Waals surface area contributed by atoms with Crippen LogP contribution >= 0.6 is 0 Å². The standard InChI is InChI=1S/C14H20O6S/c1-14(2,8-11(15)16)9-6-7-10(21(5,17)18)13(20-4)12(9)19-3/h6-7H,8H2,1-5H3,(H,15,16). The molecule has 118 valence electrons. The van der Waals surface area contributed by atoms with Crippen LogP contribution in [-0.4, -0.2) is 40.0 Å². The minimum atomic E-state index is -3.48. The van der Waals surface area contributed by atoms with Gasteiger partial charge < -0.3 is 14.6 Å². The van der Waals surface area contributed by atoms with Gasteiger partial charge in [0.1, 0.15) is 4.90 Å². The number of carboxylic acid groups (broad SMARTS) is 1. The summed E-state index contributed by atoms with van der Waals surface area (Å²) in [6.07, 6.45) is 0.955. The lowest BCUT2D eigenvalue weighted by molar-refractivity contribution is -0.138. The van der Waals surface area contributed by atoms with E-state index in [2.05, 4.69) is 0 Å². The zero-order chi connectivity index (χ0) is 16.4. The Hall–Kier alpha value is -1.76. The first-order chi connectivity index (χ1) is 9.54. The van der Waals surface area contributed by atoms with Crippen molar-refractivity contribution in [2.75, 3.05) is 20.5 Å². The molecule has 7 heteroatoms. The van der Waals surface area contributed by atoms with Crippen molar-refractivity contribution in [1.82, 2.24) is 0 Å². The molecule has 0 heterocycles. The molecule has 0 amide bonds. The van der Waals surface area contributed by atoms with E-state index >= 15 is 0 Å². The third-order valence-electron chi connectivity index (χ3n) is 3.21. The van der Waals surface area contributed by atoms with E-state index in [9.17, 15) is 13.2 Å². The second-order valence-electron chi connectivity index (χ2n) is 5.40. The highest BCUT2D eigenvalue weighted by Gasteiger charge is 2.31. The molecular formula is C14H20O6S. The first-order valence-electron chi connectivity index (χ1n) is 6.22. The Morgan fingerprint density at radius 2 is 1.71 bits per heavy atom. The largest absolute Gasteiger partial charge is 0.493 e. The normalized spacial score (nSPS) is 12.0. The molecule has 0 radical (unpaired) electrons. The fourth-order valence-corrected chi connectivity index (χ4v) is 3.07. The highest BCUT2D eigenvalue weighted by molar-refractivity contribution is 7.90. The van der Waals surface area contributed by atoms with Crippen LogP contribution in [0.25, 0.3) is 0 Å². The molecule has 0 aliphatic carbocycles. The summed E-state index contributed by atoms with van der Waals surface area (Å²) < 4.78 is 34.1. The van der Waals surface area contributed by atoms with Crippen molar-refractivity contribution in [1.29, 1.82) is 0 Å². The summed E-state index contributed by atoms with van der Waals surface area (Å²) in [6, 6.07) is 2.98. The van der Waals surface area contributed by atoms with Crippen molar-refractivity contribution >= 4 is 15.8 Å². The van der Waals surface area contributed by atoms with Crippen LogP contribution in [-0.2, 0) is 20.0 Å². The van der Waals surface area contributed by atoms with Crippen molar-refractivity contribution in [2.45, 2.75) is 30.6 Å². The Morgan fingerprint density at radius 3 is 2.10 bits per heavy atom. The van der Waals surface area contributed by atoms with Gasteiger partial charge in [-0.15, -0.1) is 0 Å². The van der Waals surface area contributed by atoms with Gasteiger partial charge in [0.25, 0.3) is 0 Å². The Kier molecular flexibility index (Phi) is 4.88. The number of carbonyl (C=O) groups is 1. The van der Waals surface area contributed by atoms with Gasteiger partial charge in [-0.25, -0.2) is 8.42 Å². The van der Waals surface area contributed by atoms with E-state index in [0.29, 0.717) is 5.56 Å². The summed E-state index contributed by atoms with van der Waals surface area (Å²) in [5, 5.41) is 9.02. The molecular weight excluding hydrogens is 296 g/mol. The van der Waals surface area contributed by atoms with Gasteiger partial charge >= 0.3 is 5.97 Å². The van der Waals surface area contributed by atoms with Crippen molar-refractivity contribution in [3.05, 3.63) is 17.7 Å². The first-order valence-corrected chi connectivity index (χ1v) is 8.11. The average molecular weight is 316 g/mol. The van der Waals surface area contributed by atoms with Gasteiger partial charge in [0.2, 0.25) is 0 Å². The topological polar surface area (TPSA) is 89.9 Å². The molecule has 0 saturated carbocycles. The third-order valence-corrected chi connectivity index (χ3v) is 4.33. The molecule has 1 rings (SSSR count). The van der Waals surface area contributed by atoms with E-state index in [4.69, 9.17) is 14.6 Å². The molecule has 1 aromatic carbocycles. The number of aliphatic carboxylic acids is 1. The molecule has 1 aromatic rings. The number of carboxylic acids is 1. The first kappa shape index (κ1) is 17.3. The summed E-state index contributed by atoms with van der Waals surface area (Å²) >= 11 is 0.